The van der Waals surface area contributed by atoms with Gasteiger partial charge < -0.3 is 14.6 Å². The predicted octanol–water partition coefficient (Wildman–Crippen LogP) is 4.15. The number of ether oxygens (including phenoxy) is 1. The van der Waals surface area contributed by atoms with Gasteiger partial charge in [-0.25, -0.2) is 0 Å². The quantitative estimate of drug-likeness (QED) is 0.625. The van der Waals surface area contributed by atoms with Crippen LogP contribution in [0.15, 0.2) is 71.3 Å². The Morgan fingerprint density at radius 3 is 2.32 bits per heavy atom. The van der Waals surface area contributed by atoms with Crippen molar-refractivity contribution >= 4 is 11.9 Å². The summed E-state index contributed by atoms with van der Waals surface area (Å²) in [5, 5.41) is 6.72. The molecule has 1 amide bonds. The molecule has 0 aliphatic heterocycles. The first kappa shape index (κ1) is 19.4. The molecule has 0 aliphatic rings. The number of benzene rings is 2. The lowest BCUT2D eigenvalue weighted by molar-refractivity contribution is -0.147. The SMILES string of the molecule is CC(C)OC(=O)CC(NC(=O)c1cc(-c2ccccc2)on1)c1ccccc1. The maximum Gasteiger partial charge on any atom is 0.308 e. The first-order chi connectivity index (χ1) is 13.5. The molecule has 2 aromatic carbocycles. The van der Waals surface area contributed by atoms with Gasteiger partial charge in [0.05, 0.1) is 18.6 Å². The summed E-state index contributed by atoms with van der Waals surface area (Å²) in [6.45, 7) is 3.57. The van der Waals surface area contributed by atoms with E-state index < -0.39 is 11.9 Å². The Labute approximate surface area is 163 Å². The van der Waals surface area contributed by atoms with Gasteiger partial charge >= 0.3 is 5.97 Å². The average molecular weight is 378 g/mol. The minimum absolute atomic E-state index is 0.0251. The zero-order valence-electron chi connectivity index (χ0n) is 15.8. The molecule has 6 nitrogen and oxygen atoms in total. The van der Waals surface area contributed by atoms with Crippen LogP contribution in [0.1, 0.15) is 42.4 Å². The molecular formula is C22H22N2O4. The van der Waals surface area contributed by atoms with Crippen LogP contribution in [-0.4, -0.2) is 23.1 Å². The van der Waals surface area contributed by atoms with Crippen LogP contribution in [0, 0.1) is 0 Å². The summed E-state index contributed by atoms with van der Waals surface area (Å²) in [5.74, 6) is -0.298. The summed E-state index contributed by atoms with van der Waals surface area (Å²) in [7, 11) is 0. The molecule has 144 valence electrons. The minimum atomic E-state index is -0.531. The summed E-state index contributed by atoms with van der Waals surface area (Å²) in [4.78, 5) is 24.8. The summed E-state index contributed by atoms with van der Waals surface area (Å²) in [5.41, 5.74) is 1.79. The van der Waals surface area contributed by atoms with Crippen molar-refractivity contribution in [3.63, 3.8) is 0 Å². The number of hydrogen-bond donors (Lipinski definition) is 1. The fourth-order valence-electron chi connectivity index (χ4n) is 2.77. The molecule has 1 atom stereocenters. The molecule has 0 fully saturated rings. The lowest BCUT2D eigenvalue weighted by atomic mass is 10.0. The van der Waals surface area contributed by atoms with Gasteiger partial charge in [-0.3, -0.25) is 9.59 Å². The number of carbonyl (C=O) groups excluding carboxylic acids is 2. The number of nitrogens with one attached hydrogen (secondary N) is 1. The minimum Gasteiger partial charge on any atom is -0.463 e. The molecule has 1 heterocycles. The van der Waals surface area contributed by atoms with Crippen molar-refractivity contribution < 1.29 is 18.8 Å². The van der Waals surface area contributed by atoms with Crippen LogP contribution in [-0.2, 0) is 9.53 Å². The molecule has 1 unspecified atom stereocenters. The normalized spacial score (nSPS) is 11.8. The van der Waals surface area contributed by atoms with E-state index in [1.807, 2.05) is 60.7 Å². The predicted molar refractivity (Wildman–Crippen MR) is 104 cm³/mol. The van der Waals surface area contributed by atoms with Crippen LogP contribution in [0.5, 0.6) is 0 Å². The highest BCUT2D eigenvalue weighted by atomic mass is 16.5. The number of aromatic nitrogens is 1. The van der Waals surface area contributed by atoms with E-state index >= 15 is 0 Å². The molecule has 1 aromatic heterocycles. The highest BCUT2D eigenvalue weighted by Gasteiger charge is 2.22. The van der Waals surface area contributed by atoms with Gasteiger partial charge in [0.15, 0.2) is 11.5 Å². The average Bonchev–Trinajstić information content (AvgIpc) is 3.18. The number of nitrogens with zero attached hydrogens (tertiary/aromatic N) is 1. The Bertz CT molecular complexity index is 920. The van der Waals surface area contributed by atoms with Crippen molar-refractivity contribution in [2.45, 2.75) is 32.4 Å². The number of rotatable bonds is 7. The second-order valence-electron chi connectivity index (χ2n) is 6.62. The largest absolute Gasteiger partial charge is 0.463 e. The number of esters is 1. The molecule has 0 saturated heterocycles. The maximum absolute atomic E-state index is 12.7. The molecule has 0 aliphatic carbocycles. The van der Waals surface area contributed by atoms with E-state index in [-0.39, 0.29) is 24.2 Å². The molecule has 0 radical (unpaired) electrons. The van der Waals surface area contributed by atoms with Crippen molar-refractivity contribution in [2.24, 2.45) is 0 Å². The first-order valence-electron chi connectivity index (χ1n) is 9.10. The molecule has 3 aromatic rings. The van der Waals surface area contributed by atoms with Gasteiger partial charge in [-0.05, 0) is 19.4 Å². The third-order valence-corrected chi connectivity index (χ3v) is 4.05. The first-order valence-corrected chi connectivity index (χ1v) is 9.10. The second kappa shape index (κ2) is 8.99. The highest BCUT2D eigenvalue weighted by Crippen LogP contribution is 2.22. The van der Waals surface area contributed by atoms with Crippen LogP contribution in [0.25, 0.3) is 11.3 Å². The molecule has 0 saturated carbocycles. The van der Waals surface area contributed by atoms with Crippen LogP contribution in [0.2, 0.25) is 0 Å². The topological polar surface area (TPSA) is 81.4 Å². The Morgan fingerprint density at radius 1 is 1.04 bits per heavy atom. The number of carbonyl (C=O) groups is 2. The Hall–Kier alpha value is -3.41. The second-order valence-corrected chi connectivity index (χ2v) is 6.62. The molecule has 0 bridgehead atoms. The van der Waals surface area contributed by atoms with E-state index in [9.17, 15) is 9.59 Å². The smallest absolute Gasteiger partial charge is 0.308 e. The summed E-state index contributed by atoms with van der Waals surface area (Å²) in [6, 6.07) is 19.7. The van der Waals surface area contributed by atoms with Crippen LogP contribution in [0.4, 0.5) is 0 Å². The van der Waals surface area contributed by atoms with Crippen molar-refractivity contribution in [2.75, 3.05) is 0 Å². The van der Waals surface area contributed by atoms with Crippen molar-refractivity contribution in [3.8, 4) is 11.3 Å². The fraction of sp³-hybridized carbons (Fsp3) is 0.227. The number of hydrogen-bond acceptors (Lipinski definition) is 5. The molecule has 0 spiro atoms. The monoisotopic (exact) mass is 378 g/mol. The van der Waals surface area contributed by atoms with E-state index in [2.05, 4.69) is 10.5 Å². The van der Waals surface area contributed by atoms with Crippen LogP contribution in [0.3, 0.4) is 0 Å². The van der Waals surface area contributed by atoms with Gasteiger partial charge in [-0.15, -0.1) is 0 Å². The zero-order chi connectivity index (χ0) is 19.9. The van der Waals surface area contributed by atoms with Crippen molar-refractivity contribution in [1.82, 2.24) is 10.5 Å². The molecular weight excluding hydrogens is 356 g/mol. The Kier molecular flexibility index (Phi) is 6.22. The van der Waals surface area contributed by atoms with Gasteiger partial charge in [-0.2, -0.15) is 0 Å². The van der Waals surface area contributed by atoms with Crippen molar-refractivity contribution in [1.29, 1.82) is 0 Å². The molecule has 1 N–H and O–H groups in total. The Balaban J connectivity index is 1.76. The van der Waals surface area contributed by atoms with E-state index in [0.717, 1.165) is 11.1 Å². The lowest BCUT2D eigenvalue weighted by Gasteiger charge is -2.18. The standard InChI is InChI=1S/C22H22N2O4/c1-15(2)27-21(25)14-18(16-9-5-3-6-10-16)23-22(26)19-13-20(28-24-19)17-11-7-4-8-12-17/h3-13,15,18H,14H2,1-2H3,(H,23,26). The summed E-state index contributed by atoms with van der Waals surface area (Å²) >= 11 is 0. The van der Waals surface area contributed by atoms with Gasteiger partial charge in [-0.1, -0.05) is 65.8 Å². The molecule has 6 heteroatoms. The van der Waals surface area contributed by atoms with E-state index in [1.54, 1.807) is 19.9 Å². The summed E-state index contributed by atoms with van der Waals surface area (Å²) in [6.07, 6.45) is -0.194. The maximum atomic E-state index is 12.7. The molecule has 28 heavy (non-hydrogen) atoms. The van der Waals surface area contributed by atoms with E-state index in [4.69, 9.17) is 9.26 Å². The Morgan fingerprint density at radius 2 is 1.68 bits per heavy atom. The third-order valence-electron chi connectivity index (χ3n) is 4.05. The lowest BCUT2D eigenvalue weighted by Crippen LogP contribution is -2.31. The third kappa shape index (κ3) is 5.07. The zero-order valence-corrected chi connectivity index (χ0v) is 15.8. The van der Waals surface area contributed by atoms with Gasteiger partial charge in [0.2, 0.25) is 0 Å². The fourth-order valence-corrected chi connectivity index (χ4v) is 2.77. The van der Waals surface area contributed by atoms with Crippen LogP contribution < -0.4 is 5.32 Å². The van der Waals surface area contributed by atoms with Crippen molar-refractivity contribution in [3.05, 3.63) is 78.0 Å². The summed E-state index contributed by atoms with van der Waals surface area (Å²) < 4.78 is 10.5. The van der Waals surface area contributed by atoms with Crippen LogP contribution >= 0.6 is 0 Å². The van der Waals surface area contributed by atoms with Gasteiger partial charge in [0.25, 0.3) is 5.91 Å². The van der Waals surface area contributed by atoms with E-state index in [1.165, 1.54) is 0 Å². The van der Waals surface area contributed by atoms with Gasteiger partial charge in [0.1, 0.15) is 0 Å². The number of amides is 1. The highest BCUT2D eigenvalue weighted by molar-refractivity contribution is 5.93. The molecule has 3 rings (SSSR count). The van der Waals surface area contributed by atoms with E-state index in [0.29, 0.717) is 5.76 Å². The van der Waals surface area contributed by atoms with Gasteiger partial charge in [0, 0.05) is 11.6 Å².